The van der Waals surface area contributed by atoms with Crippen LogP contribution in [0.5, 0.6) is 0 Å². The van der Waals surface area contributed by atoms with Crippen LogP contribution in [0.15, 0.2) is 30.6 Å². The van der Waals surface area contributed by atoms with Gasteiger partial charge in [0.2, 0.25) is 11.8 Å². The van der Waals surface area contributed by atoms with Crippen LogP contribution in [0.4, 0.5) is 10.2 Å². The van der Waals surface area contributed by atoms with Crippen molar-refractivity contribution < 1.29 is 14.0 Å². The van der Waals surface area contributed by atoms with Crippen LogP contribution >= 0.6 is 0 Å². The summed E-state index contributed by atoms with van der Waals surface area (Å²) in [6.07, 6.45) is 1.82. The van der Waals surface area contributed by atoms with Gasteiger partial charge in [0.15, 0.2) is 0 Å². The molecule has 2 aromatic rings. The molecular weight excluding hydrogens is 311 g/mol. The van der Waals surface area contributed by atoms with Crippen LogP contribution < -0.4 is 5.32 Å². The molecule has 0 spiro atoms. The highest BCUT2D eigenvalue weighted by Crippen LogP contribution is 2.27. The van der Waals surface area contributed by atoms with E-state index in [-0.39, 0.29) is 30.0 Å². The summed E-state index contributed by atoms with van der Waals surface area (Å²) in [5, 5.41) is 2.87. The van der Waals surface area contributed by atoms with Gasteiger partial charge in [-0.15, -0.1) is 0 Å². The number of hydrogen-bond donors (Lipinski definition) is 1. The smallest absolute Gasteiger partial charge is 0.230 e. The number of anilines is 1. The molecule has 0 radical (unpaired) electrons. The molecule has 1 fully saturated rings. The maximum atomic E-state index is 13.1. The fraction of sp³-hybridized carbons (Fsp3) is 0.353. The average molecular weight is 330 g/mol. The van der Waals surface area contributed by atoms with Gasteiger partial charge in [-0.2, -0.15) is 0 Å². The van der Waals surface area contributed by atoms with Crippen molar-refractivity contribution in [1.29, 1.82) is 0 Å². The summed E-state index contributed by atoms with van der Waals surface area (Å²) >= 11 is 0. The Morgan fingerprint density at radius 3 is 2.71 bits per heavy atom. The molecule has 6 nitrogen and oxygen atoms in total. The third-order valence-corrected chi connectivity index (χ3v) is 4.26. The molecule has 1 N–H and O–H groups in total. The minimum Gasteiger partial charge on any atom is -0.342 e. The first-order chi connectivity index (χ1) is 11.5. The first kappa shape index (κ1) is 16.2. The van der Waals surface area contributed by atoms with Crippen molar-refractivity contribution >= 4 is 17.6 Å². The van der Waals surface area contributed by atoms with Crippen LogP contribution in [-0.4, -0.2) is 39.4 Å². The van der Waals surface area contributed by atoms with Crippen LogP contribution in [0.2, 0.25) is 0 Å². The maximum Gasteiger partial charge on any atom is 0.230 e. The lowest BCUT2D eigenvalue weighted by molar-refractivity contribution is -0.128. The topological polar surface area (TPSA) is 67.2 Å². The first-order valence-corrected chi connectivity index (χ1v) is 7.85. The molecule has 1 aliphatic heterocycles. The Morgan fingerprint density at radius 2 is 2.08 bits per heavy atom. The predicted molar refractivity (Wildman–Crippen MR) is 87.6 cm³/mol. The number of carbonyl (C=O) groups is 2. The Kier molecular flexibility index (Phi) is 4.33. The highest BCUT2D eigenvalue weighted by Gasteiger charge is 2.34. The van der Waals surface area contributed by atoms with Crippen molar-refractivity contribution in [1.82, 2.24) is 14.5 Å². The largest absolute Gasteiger partial charge is 0.342 e. The van der Waals surface area contributed by atoms with Gasteiger partial charge in [0.05, 0.1) is 12.2 Å². The van der Waals surface area contributed by atoms with E-state index in [0.29, 0.717) is 30.2 Å². The summed E-state index contributed by atoms with van der Waals surface area (Å²) in [6.45, 7) is 2.94. The molecule has 7 heteroatoms. The van der Waals surface area contributed by atoms with E-state index in [1.54, 1.807) is 35.0 Å². The van der Waals surface area contributed by atoms with Gasteiger partial charge in [-0.3, -0.25) is 9.59 Å². The van der Waals surface area contributed by atoms with E-state index in [1.807, 2.05) is 6.92 Å². The molecule has 0 aliphatic carbocycles. The first-order valence-electron chi connectivity index (χ1n) is 7.85. The fourth-order valence-electron chi connectivity index (χ4n) is 2.87. The van der Waals surface area contributed by atoms with Crippen molar-refractivity contribution in [3.8, 4) is 11.3 Å². The molecule has 1 aromatic heterocycles. The zero-order valence-electron chi connectivity index (χ0n) is 13.6. The van der Waals surface area contributed by atoms with E-state index in [4.69, 9.17) is 0 Å². The number of likely N-dealkylation sites (tertiary alicyclic amines) is 1. The number of aryl methyl sites for hydroxylation is 1. The molecule has 24 heavy (non-hydrogen) atoms. The lowest BCUT2D eigenvalue weighted by atomic mass is 10.1. The molecule has 1 saturated heterocycles. The fourth-order valence-corrected chi connectivity index (χ4v) is 2.87. The molecule has 0 bridgehead atoms. The van der Waals surface area contributed by atoms with Crippen molar-refractivity contribution in [3.63, 3.8) is 0 Å². The number of rotatable bonds is 4. The summed E-state index contributed by atoms with van der Waals surface area (Å²) in [5.41, 5.74) is 1.28. The Labute approximate surface area is 139 Å². The van der Waals surface area contributed by atoms with E-state index in [9.17, 15) is 14.0 Å². The van der Waals surface area contributed by atoms with Crippen LogP contribution in [0.1, 0.15) is 13.3 Å². The molecule has 3 rings (SSSR count). The summed E-state index contributed by atoms with van der Waals surface area (Å²) in [7, 11) is 1.77. The van der Waals surface area contributed by atoms with Gasteiger partial charge in [-0.25, -0.2) is 9.37 Å². The number of hydrogen-bond acceptors (Lipinski definition) is 3. The Morgan fingerprint density at radius 1 is 1.38 bits per heavy atom. The molecule has 2 heterocycles. The van der Waals surface area contributed by atoms with Crippen molar-refractivity contribution in [2.24, 2.45) is 13.0 Å². The predicted octanol–water partition coefficient (Wildman–Crippen LogP) is 2.03. The molecule has 1 atom stereocenters. The highest BCUT2D eigenvalue weighted by atomic mass is 19.1. The van der Waals surface area contributed by atoms with E-state index < -0.39 is 0 Å². The normalized spacial score (nSPS) is 17.4. The summed E-state index contributed by atoms with van der Waals surface area (Å²) in [4.78, 5) is 30.3. The molecular formula is C17H19FN4O2. The van der Waals surface area contributed by atoms with Crippen LogP contribution in [0, 0.1) is 11.7 Å². The van der Waals surface area contributed by atoms with Crippen molar-refractivity contribution in [3.05, 3.63) is 36.4 Å². The van der Waals surface area contributed by atoms with Crippen LogP contribution in [0.3, 0.4) is 0 Å². The van der Waals surface area contributed by atoms with Crippen LogP contribution in [0.25, 0.3) is 11.3 Å². The second-order valence-electron chi connectivity index (χ2n) is 5.88. The van der Waals surface area contributed by atoms with Crippen LogP contribution in [-0.2, 0) is 16.6 Å². The minimum absolute atomic E-state index is 0.00131. The molecule has 1 aromatic carbocycles. The number of nitrogens with one attached hydrogen (secondary N) is 1. The van der Waals surface area contributed by atoms with Gasteiger partial charge in [-0.05, 0) is 31.2 Å². The zero-order chi connectivity index (χ0) is 17.3. The number of nitrogens with zero attached hydrogens (tertiary/aromatic N) is 3. The second-order valence-corrected chi connectivity index (χ2v) is 5.88. The summed E-state index contributed by atoms with van der Waals surface area (Å²) in [5.74, 6) is -0.362. The Bertz CT molecular complexity index is 769. The number of imidazole rings is 1. The molecule has 126 valence electrons. The molecule has 0 unspecified atom stereocenters. The second kappa shape index (κ2) is 6.43. The molecule has 1 aliphatic rings. The van der Waals surface area contributed by atoms with E-state index in [0.717, 1.165) is 0 Å². The lowest BCUT2D eigenvalue weighted by Gasteiger charge is -2.14. The SMILES string of the molecule is CCN1C[C@@H](C(=O)Nc2c(-c3ccc(F)cc3)ncn2C)CC1=O. The Hall–Kier alpha value is -2.70. The number of aromatic nitrogens is 2. The minimum atomic E-state index is -0.367. The van der Waals surface area contributed by atoms with Gasteiger partial charge in [0.1, 0.15) is 17.3 Å². The molecule has 0 saturated carbocycles. The van der Waals surface area contributed by atoms with E-state index >= 15 is 0 Å². The molecule has 2 amide bonds. The third kappa shape index (κ3) is 3.02. The Balaban J connectivity index is 1.81. The summed E-state index contributed by atoms with van der Waals surface area (Å²) < 4.78 is 14.8. The zero-order valence-corrected chi connectivity index (χ0v) is 13.6. The maximum absolute atomic E-state index is 13.1. The van der Waals surface area contributed by atoms with E-state index in [1.165, 1.54) is 12.1 Å². The summed E-state index contributed by atoms with van der Waals surface area (Å²) in [6, 6.07) is 5.94. The van der Waals surface area contributed by atoms with Gasteiger partial charge in [0, 0.05) is 32.1 Å². The highest BCUT2D eigenvalue weighted by molar-refractivity contribution is 5.98. The number of carbonyl (C=O) groups excluding carboxylic acids is 2. The standard InChI is InChI=1S/C17H19FN4O2/c1-3-22-9-12(8-14(22)23)17(24)20-16-15(19-10-21(16)2)11-4-6-13(18)7-5-11/h4-7,10,12H,3,8-9H2,1-2H3,(H,20,24)/t12-/m0/s1. The van der Waals surface area contributed by atoms with Gasteiger partial charge < -0.3 is 14.8 Å². The number of benzene rings is 1. The monoisotopic (exact) mass is 330 g/mol. The quantitative estimate of drug-likeness (QED) is 0.933. The van der Waals surface area contributed by atoms with Gasteiger partial charge >= 0.3 is 0 Å². The number of amides is 2. The van der Waals surface area contributed by atoms with E-state index in [2.05, 4.69) is 10.3 Å². The number of halogens is 1. The average Bonchev–Trinajstić information content (AvgIpc) is 3.12. The van der Waals surface area contributed by atoms with Gasteiger partial charge in [0.25, 0.3) is 0 Å². The van der Waals surface area contributed by atoms with Gasteiger partial charge in [-0.1, -0.05) is 0 Å². The lowest BCUT2D eigenvalue weighted by Crippen LogP contribution is -2.28. The van der Waals surface area contributed by atoms with Crippen molar-refractivity contribution in [2.45, 2.75) is 13.3 Å². The van der Waals surface area contributed by atoms with Crippen molar-refractivity contribution in [2.75, 3.05) is 18.4 Å². The third-order valence-electron chi connectivity index (χ3n) is 4.26.